The van der Waals surface area contributed by atoms with Crippen molar-refractivity contribution < 1.29 is 36.3 Å². The molecule has 0 atom stereocenters. The number of alkyl halides is 3. The second-order valence-corrected chi connectivity index (χ2v) is 5.07. The van der Waals surface area contributed by atoms with E-state index < -0.39 is 44.2 Å². The number of carboxylic acids is 1. The maximum absolute atomic E-state index is 12.1. The van der Waals surface area contributed by atoms with Crippen molar-refractivity contribution in [3.05, 3.63) is 23.8 Å². The van der Waals surface area contributed by atoms with Crippen molar-refractivity contribution in [1.82, 2.24) is 0 Å². The van der Waals surface area contributed by atoms with Gasteiger partial charge in [0, 0.05) is 0 Å². The Balaban J connectivity index is 3.34. The molecule has 1 rings (SSSR count). The van der Waals surface area contributed by atoms with Gasteiger partial charge in [-0.15, -0.1) is 0 Å². The van der Waals surface area contributed by atoms with Gasteiger partial charge in [-0.25, -0.2) is 18.4 Å². The van der Waals surface area contributed by atoms with E-state index in [1.807, 2.05) is 0 Å². The fraction of sp³-hybridized carbons (Fsp3) is 0.111. The van der Waals surface area contributed by atoms with Crippen molar-refractivity contribution >= 4 is 27.6 Å². The molecule has 0 spiro atoms. The maximum Gasteiger partial charge on any atom is 0.471 e. The lowest BCUT2D eigenvalue weighted by molar-refractivity contribution is -0.167. The molecule has 0 aliphatic rings. The molecule has 0 saturated heterocycles. The summed E-state index contributed by atoms with van der Waals surface area (Å²) in [6.45, 7) is 0. The van der Waals surface area contributed by atoms with E-state index in [1.54, 1.807) is 0 Å². The van der Waals surface area contributed by atoms with Crippen LogP contribution in [-0.4, -0.2) is 31.6 Å². The Morgan fingerprint density at radius 3 is 2.20 bits per heavy atom. The van der Waals surface area contributed by atoms with E-state index in [0.717, 1.165) is 6.07 Å². The number of anilines is 1. The molecule has 7 nitrogen and oxygen atoms in total. The molecule has 0 bridgehead atoms. The average molecular weight is 312 g/mol. The standard InChI is InChI=1S/C9H7F3N2O5S/c10-9(11,12)8(17)14-6-3-4(20(13,18)19)1-2-5(6)7(15)16/h1-3H,(H,14,17)(H,15,16)(H2,13,18,19). The van der Waals surface area contributed by atoms with Gasteiger partial charge in [-0.1, -0.05) is 0 Å². The fourth-order valence-electron chi connectivity index (χ4n) is 1.18. The van der Waals surface area contributed by atoms with E-state index in [4.69, 9.17) is 10.2 Å². The SMILES string of the molecule is NS(=O)(=O)c1ccc(C(=O)O)c(NC(=O)C(F)(F)F)c1. The molecule has 0 saturated carbocycles. The van der Waals surface area contributed by atoms with E-state index in [0.29, 0.717) is 12.1 Å². The molecule has 0 unspecified atom stereocenters. The van der Waals surface area contributed by atoms with Crippen LogP contribution in [0.1, 0.15) is 10.4 Å². The van der Waals surface area contributed by atoms with Gasteiger partial charge in [0.2, 0.25) is 10.0 Å². The Hall–Kier alpha value is -2.14. The normalized spacial score (nSPS) is 12.0. The van der Waals surface area contributed by atoms with Crippen molar-refractivity contribution in [3.8, 4) is 0 Å². The van der Waals surface area contributed by atoms with Gasteiger partial charge in [0.15, 0.2) is 0 Å². The third-order valence-corrected chi connectivity index (χ3v) is 2.97. The minimum Gasteiger partial charge on any atom is -0.478 e. The van der Waals surface area contributed by atoms with Crippen molar-refractivity contribution in [1.29, 1.82) is 0 Å². The third kappa shape index (κ3) is 3.68. The average Bonchev–Trinajstić information content (AvgIpc) is 2.25. The quantitative estimate of drug-likeness (QED) is 0.750. The first kappa shape index (κ1) is 15.9. The van der Waals surface area contributed by atoms with E-state index in [1.165, 1.54) is 5.32 Å². The van der Waals surface area contributed by atoms with Gasteiger partial charge >= 0.3 is 18.1 Å². The van der Waals surface area contributed by atoms with E-state index in [2.05, 4.69) is 0 Å². The summed E-state index contributed by atoms with van der Waals surface area (Å²) in [6.07, 6.45) is -5.26. The Bertz CT molecular complexity index is 669. The van der Waals surface area contributed by atoms with Crippen LogP contribution < -0.4 is 10.5 Å². The first-order chi connectivity index (χ1) is 8.93. The Morgan fingerprint density at radius 2 is 1.80 bits per heavy atom. The summed E-state index contributed by atoms with van der Waals surface area (Å²) in [5.74, 6) is -4.09. The molecule has 1 aromatic rings. The molecule has 4 N–H and O–H groups in total. The summed E-state index contributed by atoms with van der Waals surface area (Å²) in [7, 11) is -4.26. The number of aromatic carboxylic acids is 1. The van der Waals surface area contributed by atoms with Crippen LogP contribution in [0.5, 0.6) is 0 Å². The van der Waals surface area contributed by atoms with Crippen LogP contribution in [0.3, 0.4) is 0 Å². The van der Waals surface area contributed by atoms with Crippen molar-refractivity contribution in [2.75, 3.05) is 5.32 Å². The van der Waals surface area contributed by atoms with Crippen LogP contribution in [0.25, 0.3) is 0 Å². The number of sulfonamides is 1. The van der Waals surface area contributed by atoms with Gasteiger partial charge in [0.05, 0.1) is 16.1 Å². The summed E-state index contributed by atoms with van der Waals surface area (Å²) in [4.78, 5) is 20.9. The second kappa shape index (κ2) is 5.09. The number of halogens is 3. The van der Waals surface area contributed by atoms with Crippen LogP contribution >= 0.6 is 0 Å². The molecular weight excluding hydrogens is 305 g/mol. The van der Waals surface area contributed by atoms with Gasteiger partial charge in [0.1, 0.15) is 0 Å². The number of hydrogen-bond acceptors (Lipinski definition) is 4. The zero-order valence-electron chi connectivity index (χ0n) is 9.43. The predicted molar refractivity (Wildman–Crippen MR) is 59.5 cm³/mol. The summed E-state index contributed by atoms with van der Waals surface area (Å²) in [6, 6.07) is 2.04. The zero-order valence-corrected chi connectivity index (χ0v) is 10.2. The van der Waals surface area contributed by atoms with Gasteiger partial charge in [-0.3, -0.25) is 4.79 Å². The van der Waals surface area contributed by atoms with Gasteiger partial charge in [-0.2, -0.15) is 13.2 Å². The highest BCUT2D eigenvalue weighted by Crippen LogP contribution is 2.23. The Morgan fingerprint density at radius 1 is 1.25 bits per heavy atom. The first-order valence-electron chi connectivity index (χ1n) is 4.71. The molecular formula is C9H7F3N2O5S. The number of carbonyl (C=O) groups is 2. The number of hydrogen-bond donors (Lipinski definition) is 3. The third-order valence-electron chi connectivity index (χ3n) is 2.06. The van der Waals surface area contributed by atoms with Crippen LogP contribution in [0.4, 0.5) is 18.9 Å². The molecule has 0 aliphatic heterocycles. The molecule has 0 aromatic heterocycles. The zero-order chi connectivity index (χ0) is 15.7. The second-order valence-electron chi connectivity index (χ2n) is 3.51. The van der Waals surface area contributed by atoms with Crippen molar-refractivity contribution in [3.63, 3.8) is 0 Å². The molecule has 110 valence electrons. The minimum absolute atomic E-state index is 0.530. The monoisotopic (exact) mass is 312 g/mol. The number of benzene rings is 1. The number of primary sulfonamides is 1. The lowest BCUT2D eigenvalue weighted by atomic mass is 10.2. The summed E-state index contributed by atoms with van der Waals surface area (Å²) in [5, 5.41) is 14.8. The summed E-state index contributed by atoms with van der Waals surface area (Å²) < 4.78 is 58.4. The summed E-state index contributed by atoms with van der Waals surface area (Å²) in [5.41, 5.74) is -1.54. The highest BCUT2D eigenvalue weighted by molar-refractivity contribution is 7.89. The van der Waals surface area contributed by atoms with Gasteiger partial charge in [0.25, 0.3) is 0 Å². The highest BCUT2D eigenvalue weighted by Gasteiger charge is 2.39. The number of nitrogens with one attached hydrogen (secondary N) is 1. The van der Waals surface area contributed by atoms with Crippen LogP contribution in [0.2, 0.25) is 0 Å². The molecule has 11 heteroatoms. The van der Waals surface area contributed by atoms with Crippen LogP contribution in [-0.2, 0) is 14.8 Å². The molecule has 20 heavy (non-hydrogen) atoms. The molecule has 0 radical (unpaired) electrons. The van der Waals surface area contributed by atoms with Crippen LogP contribution in [0, 0.1) is 0 Å². The van der Waals surface area contributed by atoms with Crippen molar-refractivity contribution in [2.45, 2.75) is 11.1 Å². The number of amides is 1. The lowest BCUT2D eigenvalue weighted by Gasteiger charge is -2.11. The smallest absolute Gasteiger partial charge is 0.471 e. The first-order valence-corrected chi connectivity index (χ1v) is 6.26. The van der Waals surface area contributed by atoms with Crippen molar-refractivity contribution in [2.24, 2.45) is 5.14 Å². The Kier molecular flexibility index (Phi) is 4.05. The highest BCUT2D eigenvalue weighted by atomic mass is 32.2. The van der Waals surface area contributed by atoms with E-state index >= 15 is 0 Å². The molecule has 0 fully saturated rings. The van der Waals surface area contributed by atoms with Crippen LogP contribution in [0.15, 0.2) is 23.1 Å². The predicted octanol–water partition coefficient (Wildman–Crippen LogP) is 0.533. The fourth-order valence-corrected chi connectivity index (χ4v) is 1.72. The number of carboxylic acid groups (broad SMARTS) is 1. The topological polar surface area (TPSA) is 127 Å². The van der Waals surface area contributed by atoms with E-state index in [-0.39, 0.29) is 0 Å². The molecule has 1 aromatic carbocycles. The molecule has 0 heterocycles. The van der Waals surface area contributed by atoms with Gasteiger partial charge in [-0.05, 0) is 18.2 Å². The largest absolute Gasteiger partial charge is 0.478 e. The minimum atomic E-state index is -5.26. The van der Waals surface area contributed by atoms with Gasteiger partial charge < -0.3 is 10.4 Å². The molecule has 1 amide bonds. The Labute approximate surface area is 110 Å². The van der Waals surface area contributed by atoms with E-state index in [9.17, 15) is 31.2 Å². The lowest BCUT2D eigenvalue weighted by Crippen LogP contribution is -2.30. The number of rotatable bonds is 3. The number of nitrogens with two attached hydrogens (primary N) is 1. The summed E-state index contributed by atoms with van der Waals surface area (Å²) >= 11 is 0. The molecule has 0 aliphatic carbocycles. The maximum atomic E-state index is 12.1. The number of carbonyl (C=O) groups excluding carboxylic acids is 1.